The Morgan fingerprint density at radius 1 is 1.24 bits per heavy atom. The van der Waals surface area contributed by atoms with Crippen molar-refractivity contribution in [2.24, 2.45) is 11.8 Å². The van der Waals surface area contributed by atoms with Gasteiger partial charge in [-0.3, -0.25) is 0 Å². The van der Waals surface area contributed by atoms with Gasteiger partial charge in [-0.15, -0.1) is 0 Å². The van der Waals surface area contributed by atoms with Crippen molar-refractivity contribution in [3.05, 3.63) is 35.9 Å². The molecule has 17 heavy (non-hydrogen) atoms. The molecular formula is C14H18N2O. The largest absolute Gasteiger partial charge is 0.338 e. The topological polar surface area (TPSA) is 32.3 Å². The maximum atomic E-state index is 11.8. The van der Waals surface area contributed by atoms with E-state index in [1.54, 1.807) is 0 Å². The van der Waals surface area contributed by atoms with Crippen LogP contribution in [0.25, 0.3) is 0 Å². The Kier molecular flexibility index (Phi) is 2.75. The summed E-state index contributed by atoms with van der Waals surface area (Å²) < 4.78 is 0. The highest BCUT2D eigenvalue weighted by Crippen LogP contribution is 2.44. The SMILES string of the molecule is O=C(NCCc1ccccc1)N1CC2CC2C1. The molecule has 1 aromatic carbocycles. The van der Waals surface area contributed by atoms with Crippen molar-refractivity contribution in [3.8, 4) is 0 Å². The van der Waals surface area contributed by atoms with Gasteiger partial charge in [0.1, 0.15) is 0 Å². The molecule has 2 atom stereocenters. The Labute approximate surface area is 102 Å². The molecular weight excluding hydrogens is 212 g/mol. The number of carbonyl (C=O) groups excluding carboxylic acids is 1. The van der Waals surface area contributed by atoms with Gasteiger partial charge >= 0.3 is 6.03 Å². The highest BCUT2D eigenvalue weighted by molar-refractivity contribution is 5.74. The molecule has 2 aliphatic rings. The average Bonchev–Trinajstić information content (AvgIpc) is 2.97. The molecule has 1 aliphatic carbocycles. The van der Waals surface area contributed by atoms with Crippen molar-refractivity contribution in [1.82, 2.24) is 10.2 Å². The van der Waals surface area contributed by atoms with E-state index >= 15 is 0 Å². The van der Waals surface area contributed by atoms with E-state index in [2.05, 4.69) is 17.4 Å². The molecule has 0 aromatic heterocycles. The van der Waals surface area contributed by atoms with Gasteiger partial charge in [-0.2, -0.15) is 0 Å². The van der Waals surface area contributed by atoms with E-state index in [-0.39, 0.29) is 6.03 Å². The first-order valence-electron chi connectivity index (χ1n) is 6.39. The second kappa shape index (κ2) is 4.40. The summed E-state index contributed by atoms with van der Waals surface area (Å²) in [4.78, 5) is 13.8. The number of nitrogens with one attached hydrogen (secondary N) is 1. The van der Waals surface area contributed by atoms with Crippen LogP contribution in [-0.4, -0.2) is 30.6 Å². The maximum Gasteiger partial charge on any atom is 0.317 e. The summed E-state index contributed by atoms with van der Waals surface area (Å²) in [6, 6.07) is 10.4. The molecule has 2 unspecified atom stereocenters. The van der Waals surface area contributed by atoms with Crippen LogP contribution in [0.3, 0.4) is 0 Å². The van der Waals surface area contributed by atoms with Crippen molar-refractivity contribution < 1.29 is 4.79 Å². The minimum Gasteiger partial charge on any atom is -0.338 e. The maximum absolute atomic E-state index is 11.8. The van der Waals surface area contributed by atoms with Crippen LogP contribution >= 0.6 is 0 Å². The van der Waals surface area contributed by atoms with Gasteiger partial charge in [0, 0.05) is 19.6 Å². The van der Waals surface area contributed by atoms with E-state index < -0.39 is 0 Å². The Hall–Kier alpha value is -1.51. The third-order valence-corrected chi connectivity index (χ3v) is 3.80. The molecule has 3 heteroatoms. The molecule has 3 rings (SSSR count). The number of hydrogen-bond donors (Lipinski definition) is 1. The zero-order valence-electron chi connectivity index (χ0n) is 9.93. The lowest BCUT2D eigenvalue weighted by Gasteiger charge is -2.18. The van der Waals surface area contributed by atoms with Gasteiger partial charge in [0.2, 0.25) is 0 Å². The van der Waals surface area contributed by atoms with Gasteiger partial charge in [-0.1, -0.05) is 30.3 Å². The normalized spacial score (nSPS) is 25.5. The molecule has 1 N–H and O–H groups in total. The van der Waals surface area contributed by atoms with E-state index in [1.165, 1.54) is 12.0 Å². The fourth-order valence-electron chi connectivity index (χ4n) is 2.63. The summed E-state index contributed by atoms with van der Waals surface area (Å²) in [6.45, 7) is 2.68. The van der Waals surface area contributed by atoms with Crippen LogP contribution in [0.4, 0.5) is 4.79 Å². The Bertz CT molecular complexity index is 394. The van der Waals surface area contributed by atoms with Crippen molar-refractivity contribution in [2.75, 3.05) is 19.6 Å². The summed E-state index contributed by atoms with van der Waals surface area (Å²) in [5, 5.41) is 3.00. The van der Waals surface area contributed by atoms with E-state index in [0.29, 0.717) is 0 Å². The quantitative estimate of drug-likeness (QED) is 0.845. The molecule has 1 saturated heterocycles. The summed E-state index contributed by atoms with van der Waals surface area (Å²) in [7, 11) is 0. The van der Waals surface area contributed by atoms with Gasteiger partial charge in [-0.05, 0) is 30.2 Å². The molecule has 1 saturated carbocycles. The first-order valence-corrected chi connectivity index (χ1v) is 6.39. The molecule has 0 radical (unpaired) electrons. The zero-order chi connectivity index (χ0) is 11.7. The van der Waals surface area contributed by atoms with Crippen LogP contribution in [-0.2, 0) is 6.42 Å². The fraction of sp³-hybridized carbons (Fsp3) is 0.500. The Morgan fingerprint density at radius 2 is 1.94 bits per heavy atom. The summed E-state index contributed by atoms with van der Waals surface area (Å²) in [5.74, 6) is 1.63. The second-order valence-corrected chi connectivity index (χ2v) is 5.13. The van der Waals surface area contributed by atoms with Gasteiger partial charge in [0.25, 0.3) is 0 Å². The number of likely N-dealkylation sites (tertiary alicyclic amines) is 1. The molecule has 1 aliphatic heterocycles. The lowest BCUT2D eigenvalue weighted by atomic mass is 10.1. The molecule has 2 fully saturated rings. The van der Waals surface area contributed by atoms with Crippen LogP contribution < -0.4 is 5.32 Å². The van der Waals surface area contributed by atoms with E-state index in [4.69, 9.17) is 0 Å². The van der Waals surface area contributed by atoms with Crippen LogP contribution in [0.1, 0.15) is 12.0 Å². The number of benzene rings is 1. The number of hydrogen-bond acceptors (Lipinski definition) is 1. The summed E-state index contributed by atoms with van der Waals surface area (Å²) in [6.07, 6.45) is 2.25. The predicted molar refractivity (Wildman–Crippen MR) is 66.7 cm³/mol. The number of fused-ring (bicyclic) bond motifs is 1. The van der Waals surface area contributed by atoms with E-state index in [1.807, 2.05) is 23.1 Å². The Morgan fingerprint density at radius 3 is 2.65 bits per heavy atom. The first-order chi connectivity index (χ1) is 8.33. The smallest absolute Gasteiger partial charge is 0.317 e. The highest BCUT2D eigenvalue weighted by Gasteiger charge is 2.46. The Balaban J connectivity index is 1.41. The highest BCUT2D eigenvalue weighted by atomic mass is 16.2. The molecule has 2 amide bonds. The third-order valence-electron chi connectivity index (χ3n) is 3.80. The molecule has 1 heterocycles. The minimum absolute atomic E-state index is 0.119. The van der Waals surface area contributed by atoms with Crippen molar-refractivity contribution in [2.45, 2.75) is 12.8 Å². The van der Waals surface area contributed by atoms with Gasteiger partial charge in [0.05, 0.1) is 0 Å². The second-order valence-electron chi connectivity index (χ2n) is 5.13. The zero-order valence-corrected chi connectivity index (χ0v) is 9.93. The molecule has 3 nitrogen and oxygen atoms in total. The predicted octanol–water partition coefficient (Wildman–Crippen LogP) is 1.89. The van der Waals surface area contributed by atoms with Crippen LogP contribution in [0.2, 0.25) is 0 Å². The third kappa shape index (κ3) is 2.43. The van der Waals surface area contributed by atoms with Crippen molar-refractivity contribution >= 4 is 6.03 Å². The van der Waals surface area contributed by atoms with Crippen LogP contribution in [0.15, 0.2) is 30.3 Å². The average molecular weight is 230 g/mol. The standard InChI is InChI=1S/C14H18N2O/c17-14(16-9-12-8-13(12)10-16)15-7-6-11-4-2-1-3-5-11/h1-5,12-13H,6-10H2,(H,15,17). The number of rotatable bonds is 3. The van der Waals surface area contributed by atoms with Crippen LogP contribution in [0.5, 0.6) is 0 Å². The minimum atomic E-state index is 0.119. The van der Waals surface area contributed by atoms with Crippen molar-refractivity contribution in [1.29, 1.82) is 0 Å². The number of urea groups is 1. The summed E-state index contributed by atoms with van der Waals surface area (Å²) >= 11 is 0. The number of piperidine rings is 1. The molecule has 0 spiro atoms. The number of nitrogens with zero attached hydrogens (tertiary/aromatic N) is 1. The molecule has 0 bridgehead atoms. The van der Waals surface area contributed by atoms with E-state index in [9.17, 15) is 4.79 Å². The van der Waals surface area contributed by atoms with Gasteiger partial charge in [-0.25, -0.2) is 4.79 Å². The molecule has 1 aromatic rings. The monoisotopic (exact) mass is 230 g/mol. The van der Waals surface area contributed by atoms with Gasteiger partial charge < -0.3 is 10.2 Å². The lowest BCUT2D eigenvalue weighted by molar-refractivity contribution is 0.204. The summed E-state index contributed by atoms with van der Waals surface area (Å²) in [5.41, 5.74) is 1.28. The number of amides is 2. The first kappa shape index (κ1) is 10.6. The molecule has 90 valence electrons. The van der Waals surface area contributed by atoms with Crippen LogP contribution in [0, 0.1) is 11.8 Å². The van der Waals surface area contributed by atoms with E-state index in [0.717, 1.165) is 37.9 Å². The number of carbonyl (C=O) groups is 1. The fourth-order valence-corrected chi connectivity index (χ4v) is 2.63. The van der Waals surface area contributed by atoms with Crippen molar-refractivity contribution in [3.63, 3.8) is 0 Å². The lowest BCUT2D eigenvalue weighted by Crippen LogP contribution is -2.40. The van der Waals surface area contributed by atoms with Gasteiger partial charge in [0.15, 0.2) is 0 Å².